The van der Waals surface area contributed by atoms with Crippen molar-refractivity contribution in [3.63, 3.8) is 0 Å². The predicted molar refractivity (Wildman–Crippen MR) is 58.8 cm³/mol. The Bertz CT molecular complexity index is 204. The van der Waals surface area contributed by atoms with Gasteiger partial charge in [0.15, 0.2) is 0 Å². The number of hydrogen-bond donors (Lipinski definition) is 0. The number of rotatable bonds is 8. The molecule has 2 unspecified atom stereocenters. The van der Waals surface area contributed by atoms with Crippen LogP contribution in [0.15, 0.2) is 25.3 Å². The SMILES string of the molecule is C=CCOC(C)OC(=O)OC(C)OCC=C. The van der Waals surface area contributed by atoms with Gasteiger partial charge in [0.1, 0.15) is 0 Å². The second-order valence-electron chi connectivity index (χ2n) is 2.86. The van der Waals surface area contributed by atoms with Gasteiger partial charge in [-0.3, -0.25) is 0 Å². The minimum atomic E-state index is -0.840. The smallest absolute Gasteiger partial charge is 0.405 e. The van der Waals surface area contributed by atoms with Crippen LogP contribution >= 0.6 is 0 Å². The van der Waals surface area contributed by atoms with Gasteiger partial charge in [-0.05, 0) is 13.8 Å². The molecule has 0 fully saturated rings. The molecule has 0 amide bonds. The van der Waals surface area contributed by atoms with Gasteiger partial charge >= 0.3 is 6.16 Å². The maximum Gasteiger partial charge on any atom is 0.512 e. The summed E-state index contributed by atoms with van der Waals surface area (Å²) >= 11 is 0. The molecule has 2 atom stereocenters. The number of carbonyl (C=O) groups is 1. The van der Waals surface area contributed by atoms with Gasteiger partial charge in [-0.2, -0.15) is 0 Å². The monoisotopic (exact) mass is 230 g/mol. The molecular weight excluding hydrogens is 212 g/mol. The maximum atomic E-state index is 11.1. The van der Waals surface area contributed by atoms with Crippen LogP contribution in [0.4, 0.5) is 4.79 Å². The summed E-state index contributed by atoms with van der Waals surface area (Å²) in [6.07, 6.45) is 0.907. The lowest BCUT2D eigenvalue weighted by atomic mass is 10.6. The van der Waals surface area contributed by atoms with E-state index in [0.29, 0.717) is 13.2 Å². The fraction of sp³-hybridized carbons (Fsp3) is 0.545. The molecule has 0 rings (SSSR count). The summed E-state index contributed by atoms with van der Waals surface area (Å²) in [4.78, 5) is 11.1. The normalized spacial score (nSPS) is 13.6. The zero-order chi connectivity index (χ0) is 12.4. The standard InChI is InChI=1S/C11H18O5/c1-5-7-13-9(3)15-11(12)16-10(4)14-8-6-2/h5-6,9-10H,1-2,7-8H2,3-4H3. The maximum absolute atomic E-state index is 11.1. The number of ether oxygens (including phenoxy) is 4. The van der Waals surface area contributed by atoms with Crippen molar-refractivity contribution in [3.8, 4) is 0 Å². The molecule has 0 saturated carbocycles. The minimum absolute atomic E-state index is 0.303. The molecule has 0 aromatic rings. The first-order valence-corrected chi connectivity index (χ1v) is 4.92. The number of hydrogen-bond acceptors (Lipinski definition) is 5. The predicted octanol–water partition coefficient (Wildman–Crippen LogP) is 2.24. The van der Waals surface area contributed by atoms with Crippen LogP contribution in [0.3, 0.4) is 0 Å². The van der Waals surface area contributed by atoms with E-state index in [0.717, 1.165) is 0 Å². The zero-order valence-corrected chi connectivity index (χ0v) is 9.68. The van der Waals surface area contributed by atoms with E-state index in [2.05, 4.69) is 13.2 Å². The second-order valence-corrected chi connectivity index (χ2v) is 2.86. The van der Waals surface area contributed by atoms with Gasteiger partial charge in [-0.15, -0.1) is 13.2 Å². The van der Waals surface area contributed by atoms with E-state index in [1.165, 1.54) is 0 Å². The lowest BCUT2D eigenvalue weighted by Crippen LogP contribution is -2.24. The average molecular weight is 230 g/mol. The Kier molecular flexibility index (Phi) is 8.19. The highest BCUT2D eigenvalue weighted by Gasteiger charge is 2.14. The third-order valence-electron chi connectivity index (χ3n) is 1.42. The second kappa shape index (κ2) is 8.94. The molecule has 0 aliphatic heterocycles. The summed E-state index contributed by atoms with van der Waals surface area (Å²) in [5.41, 5.74) is 0. The molecule has 0 aliphatic carbocycles. The molecule has 92 valence electrons. The zero-order valence-electron chi connectivity index (χ0n) is 9.68. The lowest BCUT2D eigenvalue weighted by molar-refractivity contribution is -0.144. The number of carbonyl (C=O) groups excluding carboxylic acids is 1. The first kappa shape index (κ1) is 14.7. The first-order chi connectivity index (χ1) is 7.60. The van der Waals surface area contributed by atoms with Crippen molar-refractivity contribution in [2.75, 3.05) is 13.2 Å². The van der Waals surface area contributed by atoms with Gasteiger partial charge < -0.3 is 18.9 Å². The molecule has 0 radical (unpaired) electrons. The minimum Gasteiger partial charge on any atom is -0.405 e. The lowest BCUT2D eigenvalue weighted by Gasteiger charge is -2.16. The van der Waals surface area contributed by atoms with Gasteiger partial charge in [0.05, 0.1) is 13.2 Å². The largest absolute Gasteiger partial charge is 0.512 e. The molecule has 0 heterocycles. The first-order valence-electron chi connectivity index (χ1n) is 4.92. The van der Waals surface area contributed by atoms with E-state index >= 15 is 0 Å². The van der Waals surface area contributed by atoms with Gasteiger partial charge in [-0.1, -0.05) is 12.2 Å². The van der Waals surface area contributed by atoms with Crippen molar-refractivity contribution in [1.29, 1.82) is 0 Å². The Morgan fingerprint density at radius 2 is 1.44 bits per heavy atom. The molecule has 5 heteroatoms. The Morgan fingerprint density at radius 3 is 1.75 bits per heavy atom. The fourth-order valence-corrected chi connectivity index (χ4v) is 0.774. The van der Waals surface area contributed by atoms with Crippen LogP contribution in [-0.2, 0) is 18.9 Å². The highest BCUT2D eigenvalue weighted by atomic mass is 16.8. The molecular formula is C11H18O5. The van der Waals surface area contributed by atoms with Gasteiger partial charge in [0.25, 0.3) is 0 Å². The topological polar surface area (TPSA) is 54.0 Å². The van der Waals surface area contributed by atoms with Crippen molar-refractivity contribution in [1.82, 2.24) is 0 Å². The Morgan fingerprint density at radius 1 is 1.06 bits per heavy atom. The Hall–Kier alpha value is -1.33. The summed E-state index contributed by atoms with van der Waals surface area (Å²) < 4.78 is 19.6. The van der Waals surface area contributed by atoms with E-state index in [1.807, 2.05) is 0 Å². The van der Waals surface area contributed by atoms with E-state index in [1.54, 1.807) is 26.0 Å². The molecule has 0 bridgehead atoms. The highest BCUT2D eigenvalue weighted by molar-refractivity contribution is 5.60. The van der Waals surface area contributed by atoms with Crippen LogP contribution in [0.25, 0.3) is 0 Å². The van der Waals surface area contributed by atoms with Crippen LogP contribution < -0.4 is 0 Å². The summed E-state index contributed by atoms with van der Waals surface area (Å²) in [6, 6.07) is 0. The van der Waals surface area contributed by atoms with Crippen LogP contribution in [-0.4, -0.2) is 31.9 Å². The van der Waals surface area contributed by atoms with Crippen molar-refractivity contribution < 1.29 is 23.7 Å². The van der Waals surface area contributed by atoms with E-state index in [9.17, 15) is 4.79 Å². The summed E-state index contributed by atoms with van der Waals surface area (Å²) in [7, 11) is 0. The molecule has 0 saturated heterocycles. The van der Waals surface area contributed by atoms with Crippen molar-refractivity contribution in [2.45, 2.75) is 26.4 Å². The van der Waals surface area contributed by atoms with Crippen molar-refractivity contribution in [3.05, 3.63) is 25.3 Å². The van der Waals surface area contributed by atoms with E-state index < -0.39 is 18.7 Å². The highest BCUT2D eigenvalue weighted by Crippen LogP contribution is 2.01. The summed E-state index contributed by atoms with van der Waals surface area (Å²) in [5.74, 6) is 0. The van der Waals surface area contributed by atoms with Crippen molar-refractivity contribution >= 4 is 6.16 Å². The summed E-state index contributed by atoms with van der Waals surface area (Å²) in [5, 5.41) is 0. The molecule has 5 nitrogen and oxygen atoms in total. The quantitative estimate of drug-likeness (QED) is 0.363. The Balaban J connectivity index is 3.70. The van der Waals surface area contributed by atoms with E-state index in [-0.39, 0.29) is 0 Å². The van der Waals surface area contributed by atoms with Gasteiger partial charge in [0.2, 0.25) is 12.6 Å². The van der Waals surface area contributed by atoms with Crippen molar-refractivity contribution in [2.24, 2.45) is 0 Å². The fourth-order valence-electron chi connectivity index (χ4n) is 0.774. The Labute approximate surface area is 95.6 Å². The molecule has 0 spiro atoms. The third kappa shape index (κ3) is 8.02. The van der Waals surface area contributed by atoms with E-state index in [4.69, 9.17) is 18.9 Å². The molecule has 0 aliphatic rings. The van der Waals surface area contributed by atoms with Crippen LogP contribution in [0.5, 0.6) is 0 Å². The van der Waals surface area contributed by atoms with Gasteiger partial charge in [-0.25, -0.2) is 4.79 Å². The third-order valence-corrected chi connectivity index (χ3v) is 1.42. The van der Waals surface area contributed by atoms with Crippen LogP contribution in [0, 0.1) is 0 Å². The van der Waals surface area contributed by atoms with Crippen LogP contribution in [0.2, 0.25) is 0 Å². The molecule has 0 N–H and O–H groups in total. The average Bonchev–Trinajstić information content (AvgIpc) is 2.23. The molecule has 0 aromatic carbocycles. The van der Waals surface area contributed by atoms with Crippen LogP contribution in [0.1, 0.15) is 13.8 Å². The summed E-state index contributed by atoms with van der Waals surface area (Å²) in [6.45, 7) is 10.7. The molecule has 0 aromatic heterocycles. The molecule has 16 heavy (non-hydrogen) atoms. The van der Waals surface area contributed by atoms with Gasteiger partial charge in [0, 0.05) is 0 Å².